The standard InChI is InChI=1S/C30H35NO6/c1-30(2,35)31(29(34)23-13-11-22(12-14-23)26-7-6-18-37-26)20-25-19-24(21-9-10-21)15-16-27(25)36-17-5-3-4-8-28(32)33/h6-7,11-16,18-19,21,35H,3-5,8-10,17,20H2,1-2H3,(H,32,33). The monoisotopic (exact) mass is 505 g/mol. The molecular formula is C30H35NO6. The van der Waals surface area contributed by atoms with Gasteiger partial charge in [-0.15, -0.1) is 0 Å². The van der Waals surface area contributed by atoms with Gasteiger partial charge in [0.2, 0.25) is 0 Å². The number of carboxylic acids is 1. The summed E-state index contributed by atoms with van der Waals surface area (Å²) in [7, 11) is 0. The highest BCUT2D eigenvalue weighted by Gasteiger charge is 2.31. The number of hydrogen-bond donors (Lipinski definition) is 2. The number of furan rings is 1. The van der Waals surface area contributed by atoms with Gasteiger partial charge < -0.3 is 24.3 Å². The topological polar surface area (TPSA) is 100 Å². The van der Waals surface area contributed by atoms with Gasteiger partial charge in [0.15, 0.2) is 0 Å². The van der Waals surface area contributed by atoms with E-state index in [1.165, 1.54) is 10.5 Å². The van der Waals surface area contributed by atoms with Crippen LogP contribution < -0.4 is 4.74 Å². The molecule has 1 aliphatic carbocycles. The van der Waals surface area contributed by atoms with Crippen LogP contribution in [0.25, 0.3) is 11.3 Å². The van der Waals surface area contributed by atoms with Gasteiger partial charge in [0.25, 0.3) is 5.91 Å². The van der Waals surface area contributed by atoms with Gasteiger partial charge in [0, 0.05) is 23.1 Å². The maximum atomic E-state index is 13.6. The number of hydrogen-bond acceptors (Lipinski definition) is 5. The molecule has 0 bridgehead atoms. The van der Waals surface area contributed by atoms with Crippen LogP contribution in [0.1, 0.15) is 79.8 Å². The molecule has 7 nitrogen and oxygen atoms in total. The Morgan fingerprint density at radius 1 is 1.05 bits per heavy atom. The third kappa shape index (κ3) is 7.23. The highest BCUT2D eigenvalue weighted by Crippen LogP contribution is 2.41. The number of nitrogens with zero attached hydrogens (tertiary/aromatic N) is 1. The van der Waals surface area contributed by atoms with Crippen molar-refractivity contribution in [1.29, 1.82) is 0 Å². The van der Waals surface area contributed by atoms with Gasteiger partial charge >= 0.3 is 5.97 Å². The molecule has 1 aromatic heterocycles. The fraction of sp³-hybridized carbons (Fsp3) is 0.400. The van der Waals surface area contributed by atoms with Crippen LogP contribution in [0.2, 0.25) is 0 Å². The summed E-state index contributed by atoms with van der Waals surface area (Å²) in [5, 5.41) is 19.8. The third-order valence-electron chi connectivity index (χ3n) is 6.60. The molecule has 196 valence electrons. The van der Waals surface area contributed by atoms with E-state index in [1.807, 2.05) is 30.3 Å². The molecule has 1 aliphatic rings. The average Bonchev–Trinajstić information content (AvgIpc) is 3.57. The Morgan fingerprint density at radius 3 is 2.43 bits per heavy atom. The quantitative estimate of drug-likeness (QED) is 0.211. The minimum Gasteiger partial charge on any atom is -0.493 e. The molecule has 0 aliphatic heterocycles. The number of unbranched alkanes of at least 4 members (excludes halogenated alkanes) is 2. The molecule has 37 heavy (non-hydrogen) atoms. The van der Waals surface area contributed by atoms with Crippen molar-refractivity contribution in [2.45, 2.75) is 70.6 Å². The molecule has 2 aromatic carbocycles. The summed E-state index contributed by atoms with van der Waals surface area (Å²) in [5.41, 5.74) is 2.00. The van der Waals surface area contributed by atoms with Crippen molar-refractivity contribution < 1.29 is 29.0 Å². The Hall–Kier alpha value is -3.58. The Kier molecular flexibility index (Phi) is 8.34. The predicted octanol–water partition coefficient (Wildman–Crippen LogP) is 6.22. The van der Waals surface area contributed by atoms with E-state index >= 15 is 0 Å². The van der Waals surface area contributed by atoms with Crippen LogP contribution in [-0.4, -0.2) is 39.3 Å². The number of ether oxygens (including phenoxy) is 1. The average molecular weight is 506 g/mol. The van der Waals surface area contributed by atoms with Crippen molar-refractivity contribution in [3.63, 3.8) is 0 Å². The van der Waals surface area contributed by atoms with Crippen LogP contribution in [0.5, 0.6) is 5.75 Å². The van der Waals surface area contributed by atoms with Gasteiger partial charge in [-0.1, -0.05) is 24.3 Å². The number of amides is 1. The maximum absolute atomic E-state index is 13.6. The lowest BCUT2D eigenvalue weighted by Gasteiger charge is -2.35. The van der Waals surface area contributed by atoms with E-state index in [-0.39, 0.29) is 18.9 Å². The van der Waals surface area contributed by atoms with E-state index in [2.05, 4.69) is 12.1 Å². The van der Waals surface area contributed by atoms with E-state index < -0.39 is 11.7 Å². The molecule has 7 heteroatoms. The summed E-state index contributed by atoms with van der Waals surface area (Å²) >= 11 is 0. The molecule has 1 fully saturated rings. The highest BCUT2D eigenvalue weighted by molar-refractivity contribution is 5.95. The van der Waals surface area contributed by atoms with Gasteiger partial charge in [0.05, 0.1) is 19.4 Å². The largest absolute Gasteiger partial charge is 0.493 e. The first-order chi connectivity index (χ1) is 17.7. The van der Waals surface area contributed by atoms with Gasteiger partial charge in [0.1, 0.15) is 17.2 Å². The van der Waals surface area contributed by atoms with Gasteiger partial charge in [-0.05, 0) is 87.8 Å². The molecular weight excluding hydrogens is 470 g/mol. The van der Waals surface area contributed by atoms with E-state index in [9.17, 15) is 14.7 Å². The summed E-state index contributed by atoms with van der Waals surface area (Å²) in [5.74, 6) is 0.864. The molecule has 0 atom stereocenters. The van der Waals surface area contributed by atoms with Crippen molar-refractivity contribution >= 4 is 11.9 Å². The number of carbonyl (C=O) groups excluding carboxylic acids is 1. The molecule has 2 N–H and O–H groups in total. The zero-order chi connectivity index (χ0) is 26.4. The second-order valence-corrected chi connectivity index (χ2v) is 10.1. The number of benzene rings is 2. The Labute approximate surface area is 217 Å². The molecule has 1 saturated carbocycles. The second-order valence-electron chi connectivity index (χ2n) is 10.1. The van der Waals surface area contributed by atoms with Gasteiger partial charge in [-0.2, -0.15) is 0 Å². The first kappa shape index (κ1) is 26.5. The number of aliphatic hydroxyl groups is 1. The maximum Gasteiger partial charge on any atom is 0.303 e. The molecule has 1 amide bonds. The number of aliphatic carboxylic acids is 1. The highest BCUT2D eigenvalue weighted by atomic mass is 16.5. The van der Waals surface area contributed by atoms with E-state index in [4.69, 9.17) is 14.3 Å². The lowest BCUT2D eigenvalue weighted by Crippen LogP contribution is -2.47. The van der Waals surface area contributed by atoms with Gasteiger partial charge in [-0.25, -0.2) is 0 Å². The molecule has 1 heterocycles. The van der Waals surface area contributed by atoms with E-state index in [0.717, 1.165) is 42.6 Å². The van der Waals surface area contributed by atoms with Crippen molar-refractivity contribution in [1.82, 2.24) is 4.90 Å². The summed E-state index contributed by atoms with van der Waals surface area (Å²) < 4.78 is 11.5. The number of carbonyl (C=O) groups is 2. The normalized spacial score (nSPS) is 13.4. The second kappa shape index (κ2) is 11.6. The molecule has 4 rings (SSSR count). The number of carboxylic acid groups (broad SMARTS) is 1. The lowest BCUT2D eigenvalue weighted by atomic mass is 10.0. The third-order valence-corrected chi connectivity index (χ3v) is 6.60. The van der Waals surface area contributed by atoms with Crippen molar-refractivity contribution in [3.05, 3.63) is 77.6 Å². The van der Waals surface area contributed by atoms with Crippen molar-refractivity contribution in [2.24, 2.45) is 0 Å². The van der Waals surface area contributed by atoms with Gasteiger partial charge in [-0.3, -0.25) is 9.59 Å². The van der Waals surface area contributed by atoms with E-state index in [1.54, 1.807) is 32.2 Å². The SMILES string of the molecule is CC(C)(O)N(Cc1cc(C2CC2)ccc1OCCCCCC(=O)O)C(=O)c1ccc(-c2ccco2)cc1. The van der Waals surface area contributed by atoms with Crippen LogP contribution >= 0.6 is 0 Å². The molecule has 0 unspecified atom stereocenters. The van der Waals surface area contributed by atoms with Crippen LogP contribution in [0, 0.1) is 0 Å². The fourth-order valence-corrected chi connectivity index (χ4v) is 4.33. The summed E-state index contributed by atoms with van der Waals surface area (Å²) in [4.78, 5) is 25.7. The van der Waals surface area contributed by atoms with Crippen molar-refractivity contribution in [3.8, 4) is 17.1 Å². The Balaban J connectivity index is 1.51. The van der Waals surface area contributed by atoms with Crippen LogP contribution in [-0.2, 0) is 11.3 Å². The van der Waals surface area contributed by atoms with Crippen LogP contribution in [0.3, 0.4) is 0 Å². The minimum atomic E-state index is -1.40. The summed E-state index contributed by atoms with van der Waals surface area (Å²) in [6, 6.07) is 16.9. The van der Waals surface area contributed by atoms with Crippen LogP contribution in [0.15, 0.2) is 65.3 Å². The molecule has 0 spiro atoms. The molecule has 3 aromatic rings. The summed E-state index contributed by atoms with van der Waals surface area (Å²) in [6.45, 7) is 3.86. The van der Waals surface area contributed by atoms with Crippen molar-refractivity contribution in [2.75, 3.05) is 6.61 Å². The Morgan fingerprint density at radius 2 is 1.81 bits per heavy atom. The smallest absolute Gasteiger partial charge is 0.303 e. The zero-order valence-corrected chi connectivity index (χ0v) is 21.5. The zero-order valence-electron chi connectivity index (χ0n) is 21.5. The minimum absolute atomic E-state index is 0.159. The Bertz CT molecular complexity index is 1190. The molecule has 0 saturated heterocycles. The van der Waals surface area contributed by atoms with E-state index in [0.29, 0.717) is 30.3 Å². The first-order valence-electron chi connectivity index (χ1n) is 12.9. The fourth-order valence-electron chi connectivity index (χ4n) is 4.33. The first-order valence-corrected chi connectivity index (χ1v) is 12.9. The van der Waals surface area contributed by atoms with Crippen LogP contribution in [0.4, 0.5) is 0 Å². The summed E-state index contributed by atoms with van der Waals surface area (Å²) in [6.07, 6.45) is 6.20. The lowest BCUT2D eigenvalue weighted by molar-refractivity contribution is -0.137. The number of rotatable bonds is 13. The predicted molar refractivity (Wildman–Crippen MR) is 140 cm³/mol. The molecule has 0 radical (unpaired) electrons.